The van der Waals surface area contributed by atoms with Gasteiger partial charge in [0.25, 0.3) is 0 Å². The third kappa shape index (κ3) is 3.48. The number of hydrogen-bond acceptors (Lipinski definition) is 3. The second-order valence-corrected chi connectivity index (χ2v) is 4.93. The van der Waals surface area contributed by atoms with Gasteiger partial charge >= 0.3 is 5.97 Å². The first-order chi connectivity index (χ1) is 8.31. The Hall–Kier alpha value is -1.06. The van der Waals surface area contributed by atoms with Gasteiger partial charge in [0.05, 0.1) is 13.5 Å². The van der Waals surface area contributed by atoms with E-state index >= 15 is 0 Å². The van der Waals surface area contributed by atoms with Crippen LogP contribution in [0.1, 0.15) is 45.8 Å². The molecule has 0 bridgehead atoms. The number of rotatable bonds is 3. The average molecular weight is 286 g/mol. The smallest absolute Gasteiger partial charge is 0.307 e. The maximum Gasteiger partial charge on any atom is 0.307 e. The summed E-state index contributed by atoms with van der Waals surface area (Å²) in [5.41, 5.74) is 13.4. The minimum Gasteiger partial charge on any atom is -0.469 e. The van der Waals surface area contributed by atoms with Crippen molar-refractivity contribution in [3.63, 3.8) is 0 Å². The van der Waals surface area contributed by atoms with E-state index in [0.717, 1.165) is 5.56 Å². The predicted molar refractivity (Wildman–Crippen MR) is 80.9 cm³/mol. The molecule has 0 aliphatic heterocycles. The Kier molecular flexibility index (Phi) is 6.53. The molecule has 4 heteroatoms. The van der Waals surface area contributed by atoms with Gasteiger partial charge in [-0.1, -0.05) is 0 Å². The quantitative estimate of drug-likeness (QED) is 0.868. The molecule has 0 amide bonds. The molecule has 0 heterocycles. The molecular weight excluding hydrogens is 262 g/mol. The number of ether oxygens (including phenoxy) is 1. The summed E-state index contributed by atoms with van der Waals surface area (Å²) >= 11 is 0. The molecule has 0 saturated heterocycles. The topological polar surface area (TPSA) is 52.3 Å². The van der Waals surface area contributed by atoms with Crippen LogP contribution < -0.4 is 5.73 Å². The van der Waals surface area contributed by atoms with Crippen LogP contribution in [-0.4, -0.2) is 13.1 Å². The standard InChI is InChI=1S/C15H23NO2.ClH/c1-8-9(2)11(4)15(12(5)10(8)3)13(16)7-14(17)18-6;/h13H,7,16H2,1-6H3;1H/t13-;/m0./s1. The molecule has 1 rings (SSSR count). The van der Waals surface area contributed by atoms with Crippen LogP contribution in [0.2, 0.25) is 0 Å². The van der Waals surface area contributed by atoms with Gasteiger partial charge in [-0.05, 0) is 68.0 Å². The molecular formula is C15H24ClNO2. The highest BCUT2D eigenvalue weighted by Gasteiger charge is 2.19. The number of methoxy groups -OCH3 is 1. The number of benzene rings is 1. The Bertz CT molecular complexity index is 455. The number of carbonyl (C=O) groups excluding carboxylic acids is 1. The number of nitrogens with two attached hydrogens (primary N) is 1. The Labute approximate surface area is 121 Å². The maximum atomic E-state index is 11.4. The number of esters is 1. The van der Waals surface area contributed by atoms with Crippen LogP contribution in [0.5, 0.6) is 0 Å². The molecule has 0 aromatic heterocycles. The fourth-order valence-electron chi connectivity index (χ4n) is 2.45. The van der Waals surface area contributed by atoms with Gasteiger partial charge in [-0.15, -0.1) is 12.4 Å². The molecule has 108 valence electrons. The summed E-state index contributed by atoms with van der Waals surface area (Å²) < 4.78 is 4.69. The van der Waals surface area contributed by atoms with E-state index in [2.05, 4.69) is 39.4 Å². The fraction of sp³-hybridized carbons (Fsp3) is 0.533. The average Bonchev–Trinajstić information content (AvgIpc) is 2.34. The molecule has 1 aromatic rings. The van der Waals surface area contributed by atoms with Crippen molar-refractivity contribution in [2.24, 2.45) is 5.73 Å². The molecule has 0 spiro atoms. The fourth-order valence-corrected chi connectivity index (χ4v) is 2.45. The zero-order valence-corrected chi connectivity index (χ0v) is 13.4. The van der Waals surface area contributed by atoms with Crippen molar-refractivity contribution in [3.05, 3.63) is 33.4 Å². The molecule has 0 aliphatic carbocycles. The first-order valence-electron chi connectivity index (χ1n) is 6.20. The molecule has 1 aromatic carbocycles. The van der Waals surface area contributed by atoms with E-state index in [1.807, 2.05) is 0 Å². The van der Waals surface area contributed by atoms with Crippen LogP contribution in [0.15, 0.2) is 0 Å². The first kappa shape index (κ1) is 17.9. The number of hydrogen-bond donors (Lipinski definition) is 1. The van der Waals surface area contributed by atoms with Crippen LogP contribution in [0.4, 0.5) is 0 Å². The zero-order valence-electron chi connectivity index (χ0n) is 12.6. The molecule has 0 fully saturated rings. The monoisotopic (exact) mass is 285 g/mol. The number of halogens is 1. The van der Waals surface area contributed by atoms with Crippen molar-refractivity contribution >= 4 is 18.4 Å². The lowest BCUT2D eigenvalue weighted by Crippen LogP contribution is -2.20. The second-order valence-electron chi connectivity index (χ2n) is 4.93. The van der Waals surface area contributed by atoms with Gasteiger partial charge in [-0.25, -0.2) is 0 Å². The van der Waals surface area contributed by atoms with Crippen LogP contribution in [0.25, 0.3) is 0 Å². The van der Waals surface area contributed by atoms with E-state index in [1.165, 1.54) is 34.9 Å². The van der Waals surface area contributed by atoms with Crippen LogP contribution >= 0.6 is 12.4 Å². The highest BCUT2D eigenvalue weighted by Crippen LogP contribution is 2.30. The minimum atomic E-state index is -0.296. The summed E-state index contributed by atoms with van der Waals surface area (Å²) in [6.45, 7) is 10.5. The van der Waals surface area contributed by atoms with E-state index in [4.69, 9.17) is 5.73 Å². The minimum absolute atomic E-state index is 0. The SMILES string of the molecule is COC(=O)C[C@H](N)c1c(C)c(C)c(C)c(C)c1C.Cl. The van der Waals surface area contributed by atoms with Crippen molar-refractivity contribution in [1.82, 2.24) is 0 Å². The van der Waals surface area contributed by atoms with E-state index in [0.29, 0.717) is 0 Å². The molecule has 19 heavy (non-hydrogen) atoms. The summed E-state index contributed by atoms with van der Waals surface area (Å²) in [7, 11) is 1.39. The van der Waals surface area contributed by atoms with Gasteiger partial charge in [0.15, 0.2) is 0 Å². The Morgan fingerprint density at radius 2 is 1.37 bits per heavy atom. The highest BCUT2D eigenvalue weighted by atomic mass is 35.5. The van der Waals surface area contributed by atoms with E-state index in [1.54, 1.807) is 0 Å². The third-order valence-corrected chi connectivity index (χ3v) is 4.04. The second kappa shape index (κ2) is 6.92. The predicted octanol–water partition coefficient (Wildman–Crippen LogP) is 3.21. The summed E-state index contributed by atoms with van der Waals surface area (Å²) in [4.78, 5) is 11.4. The molecule has 0 unspecified atom stereocenters. The van der Waals surface area contributed by atoms with Crippen molar-refractivity contribution in [1.29, 1.82) is 0 Å². The van der Waals surface area contributed by atoms with Gasteiger partial charge in [-0.2, -0.15) is 0 Å². The van der Waals surface area contributed by atoms with Gasteiger partial charge < -0.3 is 10.5 Å². The van der Waals surface area contributed by atoms with Crippen LogP contribution in [-0.2, 0) is 9.53 Å². The molecule has 2 N–H and O–H groups in total. The largest absolute Gasteiger partial charge is 0.469 e. The zero-order chi connectivity index (χ0) is 14.0. The van der Waals surface area contributed by atoms with Gasteiger partial charge in [0.1, 0.15) is 0 Å². The van der Waals surface area contributed by atoms with Crippen LogP contribution in [0.3, 0.4) is 0 Å². The molecule has 1 atom stereocenters. The summed E-state index contributed by atoms with van der Waals surface area (Å²) in [5.74, 6) is -0.266. The van der Waals surface area contributed by atoms with E-state index in [-0.39, 0.29) is 30.8 Å². The lowest BCUT2D eigenvalue weighted by atomic mass is 9.85. The molecule has 0 aliphatic rings. The van der Waals surface area contributed by atoms with Crippen molar-refractivity contribution < 1.29 is 9.53 Å². The lowest BCUT2D eigenvalue weighted by molar-refractivity contribution is -0.141. The maximum absolute atomic E-state index is 11.4. The van der Waals surface area contributed by atoms with Gasteiger partial charge in [-0.3, -0.25) is 4.79 Å². The van der Waals surface area contributed by atoms with Crippen molar-refractivity contribution in [2.75, 3.05) is 7.11 Å². The lowest BCUT2D eigenvalue weighted by Gasteiger charge is -2.22. The summed E-state index contributed by atoms with van der Waals surface area (Å²) in [5, 5.41) is 0. The normalized spacial score (nSPS) is 11.7. The molecule has 0 radical (unpaired) electrons. The van der Waals surface area contributed by atoms with Crippen molar-refractivity contribution in [3.8, 4) is 0 Å². The first-order valence-corrected chi connectivity index (χ1v) is 6.20. The molecule has 0 saturated carbocycles. The summed E-state index contributed by atoms with van der Waals surface area (Å²) in [6.07, 6.45) is 0.222. The van der Waals surface area contributed by atoms with E-state index < -0.39 is 0 Å². The van der Waals surface area contributed by atoms with Crippen molar-refractivity contribution in [2.45, 2.75) is 47.1 Å². The Balaban J connectivity index is 0.00000324. The van der Waals surface area contributed by atoms with E-state index in [9.17, 15) is 4.79 Å². The highest BCUT2D eigenvalue weighted by molar-refractivity contribution is 5.85. The summed E-state index contributed by atoms with van der Waals surface area (Å²) in [6, 6.07) is -0.296. The third-order valence-electron chi connectivity index (χ3n) is 4.04. The van der Waals surface area contributed by atoms with Crippen LogP contribution in [0, 0.1) is 34.6 Å². The number of carbonyl (C=O) groups is 1. The van der Waals surface area contributed by atoms with Gasteiger partial charge in [0.2, 0.25) is 0 Å². The molecule has 3 nitrogen and oxygen atoms in total. The Morgan fingerprint density at radius 3 is 1.74 bits per heavy atom. The Morgan fingerprint density at radius 1 is 1.00 bits per heavy atom. The van der Waals surface area contributed by atoms with Gasteiger partial charge in [0, 0.05) is 6.04 Å².